The Morgan fingerprint density at radius 1 is 1.11 bits per heavy atom. The van der Waals surface area contributed by atoms with Gasteiger partial charge < -0.3 is 15.1 Å². The molecule has 8 heteroatoms. The van der Waals surface area contributed by atoms with Crippen molar-refractivity contribution in [3.63, 3.8) is 0 Å². The standard InChI is InChI=1S/C20H35N7.HI/c1-17-14-18(2)16-27(15-17)19(21-3)22-8-5-9-25-10-12-26(13-11-25)20-23-6-4-7-24-20;/h4,6-7,17-18H,5,8-16H2,1-3H3,(H,21,22);1H. The summed E-state index contributed by atoms with van der Waals surface area (Å²) in [7, 11) is 1.90. The van der Waals surface area contributed by atoms with Crippen molar-refractivity contribution in [1.82, 2.24) is 25.1 Å². The predicted octanol–water partition coefficient (Wildman–Crippen LogP) is 2.16. The molecule has 0 aliphatic carbocycles. The minimum atomic E-state index is 0. The molecular weight excluding hydrogens is 465 g/mol. The van der Waals surface area contributed by atoms with E-state index in [9.17, 15) is 0 Å². The third-order valence-electron chi connectivity index (χ3n) is 5.52. The van der Waals surface area contributed by atoms with Crippen molar-refractivity contribution in [2.24, 2.45) is 16.8 Å². The average Bonchev–Trinajstić information content (AvgIpc) is 2.68. The maximum absolute atomic E-state index is 4.51. The first-order valence-electron chi connectivity index (χ1n) is 10.4. The summed E-state index contributed by atoms with van der Waals surface area (Å²) < 4.78 is 0. The molecule has 0 aromatic carbocycles. The molecule has 2 aliphatic heterocycles. The van der Waals surface area contributed by atoms with E-state index < -0.39 is 0 Å². The molecule has 2 atom stereocenters. The predicted molar refractivity (Wildman–Crippen MR) is 127 cm³/mol. The fourth-order valence-electron chi connectivity index (χ4n) is 4.30. The summed E-state index contributed by atoms with van der Waals surface area (Å²) in [5.41, 5.74) is 0. The molecule has 0 radical (unpaired) electrons. The summed E-state index contributed by atoms with van der Waals surface area (Å²) in [4.78, 5) is 20.5. The Morgan fingerprint density at radius 2 is 1.75 bits per heavy atom. The largest absolute Gasteiger partial charge is 0.356 e. The second-order valence-corrected chi connectivity index (χ2v) is 8.06. The third-order valence-corrected chi connectivity index (χ3v) is 5.52. The van der Waals surface area contributed by atoms with Crippen LogP contribution in [0.25, 0.3) is 0 Å². The van der Waals surface area contributed by atoms with E-state index in [1.165, 1.54) is 6.42 Å². The summed E-state index contributed by atoms with van der Waals surface area (Å²) in [6.45, 7) is 13.2. The zero-order valence-electron chi connectivity index (χ0n) is 17.5. The minimum absolute atomic E-state index is 0. The van der Waals surface area contributed by atoms with Gasteiger partial charge in [0.05, 0.1) is 0 Å². The van der Waals surface area contributed by atoms with Gasteiger partial charge in [-0.1, -0.05) is 13.8 Å². The van der Waals surface area contributed by atoms with E-state index in [2.05, 4.69) is 48.8 Å². The number of nitrogens with zero attached hydrogens (tertiary/aromatic N) is 6. The number of halogens is 1. The van der Waals surface area contributed by atoms with Gasteiger partial charge in [-0.25, -0.2) is 9.97 Å². The highest BCUT2D eigenvalue weighted by atomic mass is 127. The van der Waals surface area contributed by atoms with E-state index in [0.717, 1.165) is 82.5 Å². The molecule has 2 fully saturated rings. The van der Waals surface area contributed by atoms with E-state index >= 15 is 0 Å². The molecule has 1 aromatic heterocycles. The molecule has 2 aliphatic rings. The molecular formula is C20H36IN7. The van der Waals surface area contributed by atoms with Gasteiger partial charge >= 0.3 is 0 Å². The van der Waals surface area contributed by atoms with E-state index in [1.54, 1.807) is 0 Å². The van der Waals surface area contributed by atoms with Gasteiger partial charge in [-0.05, 0) is 37.3 Å². The smallest absolute Gasteiger partial charge is 0.225 e. The normalized spacial score (nSPS) is 24.0. The molecule has 3 heterocycles. The van der Waals surface area contributed by atoms with E-state index in [4.69, 9.17) is 0 Å². The molecule has 1 aromatic rings. The zero-order valence-corrected chi connectivity index (χ0v) is 19.9. The molecule has 28 heavy (non-hydrogen) atoms. The minimum Gasteiger partial charge on any atom is -0.356 e. The quantitative estimate of drug-likeness (QED) is 0.289. The number of rotatable bonds is 5. The Hall–Kier alpha value is -1.16. The number of hydrogen-bond acceptors (Lipinski definition) is 5. The molecule has 158 valence electrons. The number of anilines is 1. The van der Waals surface area contributed by atoms with E-state index in [0.29, 0.717) is 0 Å². The molecule has 0 saturated carbocycles. The maximum atomic E-state index is 4.51. The number of hydrogen-bond donors (Lipinski definition) is 1. The first-order valence-corrected chi connectivity index (χ1v) is 10.4. The number of aliphatic imine (C=N–C) groups is 1. The van der Waals surface area contributed by atoms with Crippen LogP contribution >= 0.6 is 24.0 Å². The van der Waals surface area contributed by atoms with Crippen LogP contribution in [0.5, 0.6) is 0 Å². The number of piperidine rings is 1. The summed E-state index contributed by atoms with van der Waals surface area (Å²) in [6.07, 6.45) is 6.10. The highest BCUT2D eigenvalue weighted by Gasteiger charge is 2.24. The Balaban J connectivity index is 0.00000280. The van der Waals surface area contributed by atoms with E-state index in [1.807, 2.05) is 25.5 Å². The van der Waals surface area contributed by atoms with Gasteiger partial charge in [-0.15, -0.1) is 24.0 Å². The number of piperazine rings is 1. The van der Waals surface area contributed by atoms with Crippen LogP contribution in [-0.4, -0.2) is 85.1 Å². The van der Waals surface area contributed by atoms with Gasteiger partial charge in [0.2, 0.25) is 5.95 Å². The second-order valence-electron chi connectivity index (χ2n) is 8.06. The van der Waals surface area contributed by atoms with Gasteiger partial charge in [0.15, 0.2) is 5.96 Å². The number of nitrogens with one attached hydrogen (secondary N) is 1. The van der Waals surface area contributed by atoms with Crippen LogP contribution in [0.1, 0.15) is 26.7 Å². The first-order chi connectivity index (χ1) is 13.2. The van der Waals surface area contributed by atoms with Gasteiger partial charge in [0, 0.05) is 65.3 Å². The first kappa shape index (κ1) is 23.1. The molecule has 0 amide bonds. The van der Waals surface area contributed by atoms with Gasteiger partial charge in [0.25, 0.3) is 0 Å². The Kier molecular flexibility index (Phi) is 9.70. The van der Waals surface area contributed by atoms with Gasteiger partial charge in [-0.3, -0.25) is 9.89 Å². The fourth-order valence-corrected chi connectivity index (χ4v) is 4.30. The molecule has 1 N–H and O–H groups in total. The van der Waals surface area contributed by atoms with Crippen molar-refractivity contribution in [1.29, 1.82) is 0 Å². The SMILES string of the molecule is CN=C(NCCCN1CCN(c2ncccn2)CC1)N1CC(C)CC(C)C1.I. The van der Waals surface area contributed by atoms with Crippen LogP contribution in [0.3, 0.4) is 0 Å². The second kappa shape index (κ2) is 11.7. The molecule has 0 bridgehead atoms. The zero-order chi connectivity index (χ0) is 19.1. The lowest BCUT2D eigenvalue weighted by Gasteiger charge is -2.37. The van der Waals surface area contributed by atoms with Crippen LogP contribution in [0.4, 0.5) is 5.95 Å². The van der Waals surface area contributed by atoms with Crippen LogP contribution < -0.4 is 10.2 Å². The number of guanidine groups is 1. The van der Waals surface area contributed by atoms with Crippen molar-refractivity contribution < 1.29 is 0 Å². The highest BCUT2D eigenvalue weighted by Crippen LogP contribution is 2.20. The average molecular weight is 501 g/mol. The summed E-state index contributed by atoms with van der Waals surface area (Å²) in [5.74, 6) is 3.42. The summed E-state index contributed by atoms with van der Waals surface area (Å²) in [6, 6.07) is 1.87. The lowest BCUT2D eigenvalue weighted by atomic mass is 9.92. The van der Waals surface area contributed by atoms with Crippen LogP contribution in [-0.2, 0) is 0 Å². The molecule has 0 spiro atoms. The molecule has 7 nitrogen and oxygen atoms in total. The van der Waals surface area contributed by atoms with Crippen LogP contribution in [0.15, 0.2) is 23.5 Å². The van der Waals surface area contributed by atoms with Crippen LogP contribution in [0.2, 0.25) is 0 Å². The highest BCUT2D eigenvalue weighted by molar-refractivity contribution is 14.0. The number of aromatic nitrogens is 2. The van der Waals surface area contributed by atoms with Crippen LogP contribution in [0, 0.1) is 11.8 Å². The van der Waals surface area contributed by atoms with Gasteiger partial charge in [0.1, 0.15) is 0 Å². The molecule has 3 rings (SSSR count). The summed E-state index contributed by atoms with van der Waals surface area (Å²) >= 11 is 0. The van der Waals surface area contributed by atoms with E-state index in [-0.39, 0.29) is 24.0 Å². The van der Waals surface area contributed by atoms with Crippen molar-refractivity contribution in [3.8, 4) is 0 Å². The van der Waals surface area contributed by atoms with Crippen molar-refractivity contribution in [2.45, 2.75) is 26.7 Å². The van der Waals surface area contributed by atoms with Crippen molar-refractivity contribution >= 4 is 35.9 Å². The fraction of sp³-hybridized carbons (Fsp3) is 0.750. The third kappa shape index (κ3) is 6.72. The molecule has 2 unspecified atom stereocenters. The Morgan fingerprint density at radius 3 is 2.36 bits per heavy atom. The Bertz CT molecular complexity index is 579. The Labute approximate surface area is 187 Å². The molecule has 2 saturated heterocycles. The van der Waals surface area contributed by atoms with Crippen molar-refractivity contribution in [3.05, 3.63) is 18.5 Å². The lowest BCUT2D eigenvalue weighted by Crippen LogP contribution is -2.49. The van der Waals surface area contributed by atoms with Gasteiger partial charge in [-0.2, -0.15) is 0 Å². The lowest BCUT2D eigenvalue weighted by molar-refractivity contribution is 0.208. The monoisotopic (exact) mass is 501 g/mol. The van der Waals surface area contributed by atoms with Crippen molar-refractivity contribution in [2.75, 3.05) is 64.3 Å². The number of likely N-dealkylation sites (tertiary alicyclic amines) is 1. The summed E-state index contributed by atoms with van der Waals surface area (Å²) in [5, 5.41) is 3.57. The maximum Gasteiger partial charge on any atom is 0.225 e. The topological polar surface area (TPSA) is 59.9 Å².